The molecule has 0 bridgehead atoms. The van der Waals surface area contributed by atoms with Gasteiger partial charge in [0.25, 0.3) is 0 Å². The minimum atomic E-state index is -0.577. The number of hydrogen-bond acceptors (Lipinski definition) is 5. The van der Waals surface area contributed by atoms with Gasteiger partial charge in [0.15, 0.2) is 0 Å². The Kier molecular flexibility index (Phi) is 7.40. The molecule has 0 saturated carbocycles. The summed E-state index contributed by atoms with van der Waals surface area (Å²) in [6.45, 7) is 0. The molecule has 7 heteroatoms. The van der Waals surface area contributed by atoms with Crippen LogP contribution in [-0.2, 0) is 0 Å². The quantitative estimate of drug-likeness (QED) is 0.0936. The van der Waals surface area contributed by atoms with Crippen LogP contribution >= 0.6 is 45.2 Å². The van der Waals surface area contributed by atoms with E-state index in [1.54, 1.807) is 72.8 Å². The Balaban J connectivity index is 1.75. The van der Waals surface area contributed by atoms with Crippen LogP contribution in [0.15, 0.2) is 97.1 Å². The number of benzene rings is 5. The molecule has 5 N–H and O–H groups in total. The minimum absolute atomic E-state index is 0.0602. The second-order valence-electron chi connectivity index (χ2n) is 8.91. The van der Waals surface area contributed by atoms with E-state index in [1.807, 2.05) is 24.3 Å². The molecular formula is C31H22I2O5. The van der Waals surface area contributed by atoms with Crippen LogP contribution in [0.4, 0.5) is 0 Å². The Morgan fingerprint density at radius 3 is 1.21 bits per heavy atom. The lowest BCUT2D eigenvalue weighted by molar-refractivity contribution is 0.458. The summed E-state index contributed by atoms with van der Waals surface area (Å²) in [5.41, 5.74) is 5.32. The molecule has 0 spiro atoms. The van der Waals surface area contributed by atoms with Crippen LogP contribution in [0, 0.1) is 7.14 Å². The van der Waals surface area contributed by atoms with Crippen LogP contribution in [0.5, 0.6) is 28.7 Å². The Labute approximate surface area is 247 Å². The third-order valence-electron chi connectivity index (χ3n) is 6.45. The zero-order chi connectivity index (χ0) is 27.0. The standard InChI is InChI=1S/C31H22I2O5/c32-26-15-21(16-27(33)31(26)38)30(24-13-19(5-11-28(24)36)17-1-7-22(34)8-2-17)25-14-20(6-12-29(25)37)18-3-9-23(35)10-4-18/h1-16,30,34-38H. The lowest BCUT2D eigenvalue weighted by Crippen LogP contribution is -2.06. The first-order valence-electron chi connectivity index (χ1n) is 11.6. The summed E-state index contributed by atoms with van der Waals surface area (Å²) in [6.07, 6.45) is 0. The van der Waals surface area contributed by atoms with Gasteiger partial charge in [-0.25, -0.2) is 0 Å². The van der Waals surface area contributed by atoms with Gasteiger partial charge >= 0.3 is 0 Å². The van der Waals surface area contributed by atoms with E-state index in [0.29, 0.717) is 18.3 Å². The fourth-order valence-electron chi connectivity index (χ4n) is 4.52. The van der Waals surface area contributed by atoms with Crippen molar-refractivity contribution in [1.29, 1.82) is 0 Å². The fourth-order valence-corrected chi connectivity index (χ4v) is 6.33. The predicted molar refractivity (Wildman–Crippen MR) is 165 cm³/mol. The van der Waals surface area contributed by atoms with Gasteiger partial charge < -0.3 is 25.5 Å². The van der Waals surface area contributed by atoms with Gasteiger partial charge in [0.1, 0.15) is 28.7 Å². The summed E-state index contributed by atoms with van der Waals surface area (Å²) < 4.78 is 1.30. The zero-order valence-corrected chi connectivity index (χ0v) is 24.1. The molecule has 5 aromatic rings. The Morgan fingerprint density at radius 2 is 0.816 bits per heavy atom. The third-order valence-corrected chi connectivity index (χ3v) is 8.10. The summed E-state index contributed by atoms with van der Waals surface area (Å²) >= 11 is 4.15. The molecule has 0 amide bonds. The summed E-state index contributed by atoms with van der Waals surface area (Å²) in [5.74, 6) is 0.0457. The summed E-state index contributed by atoms with van der Waals surface area (Å²) in [7, 11) is 0. The van der Waals surface area contributed by atoms with E-state index in [1.165, 1.54) is 0 Å². The first-order chi connectivity index (χ1) is 18.2. The third kappa shape index (κ3) is 5.25. The van der Waals surface area contributed by atoms with E-state index in [4.69, 9.17) is 0 Å². The van der Waals surface area contributed by atoms with E-state index in [-0.39, 0.29) is 28.7 Å². The van der Waals surface area contributed by atoms with Gasteiger partial charge in [-0.05, 0) is 134 Å². The maximum absolute atomic E-state index is 11.1. The highest BCUT2D eigenvalue weighted by Crippen LogP contribution is 2.45. The lowest BCUT2D eigenvalue weighted by Gasteiger charge is -2.23. The van der Waals surface area contributed by atoms with Gasteiger partial charge in [0.05, 0.1) is 7.14 Å². The number of phenolic OH excluding ortho intramolecular Hbond substituents is 5. The molecule has 0 fully saturated rings. The van der Waals surface area contributed by atoms with Crippen LogP contribution < -0.4 is 0 Å². The Bertz CT molecular complexity index is 1510. The van der Waals surface area contributed by atoms with Crippen molar-refractivity contribution < 1.29 is 25.5 Å². The van der Waals surface area contributed by atoms with E-state index in [0.717, 1.165) is 27.8 Å². The maximum atomic E-state index is 11.1. The molecule has 190 valence electrons. The van der Waals surface area contributed by atoms with Crippen molar-refractivity contribution >= 4 is 45.2 Å². The van der Waals surface area contributed by atoms with Gasteiger partial charge in [0, 0.05) is 17.0 Å². The fraction of sp³-hybridized carbons (Fsp3) is 0.0323. The van der Waals surface area contributed by atoms with Crippen molar-refractivity contribution in [2.45, 2.75) is 5.92 Å². The molecule has 0 radical (unpaired) electrons. The van der Waals surface area contributed by atoms with Crippen LogP contribution in [0.25, 0.3) is 22.3 Å². The molecule has 0 heterocycles. The van der Waals surface area contributed by atoms with E-state index in [9.17, 15) is 25.5 Å². The van der Waals surface area contributed by atoms with Crippen molar-refractivity contribution in [2.24, 2.45) is 0 Å². The van der Waals surface area contributed by atoms with E-state index in [2.05, 4.69) is 45.2 Å². The van der Waals surface area contributed by atoms with Gasteiger partial charge in [-0.1, -0.05) is 36.4 Å². The van der Waals surface area contributed by atoms with Gasteiger partial charge in [0.2, 0.25) is 0 Å². The SMILES string of the molecule is Oc1ccc(-c2ccc(O)c(C(c3cc(I)c(O)c(I)c3)c3cc(-c4ccc(O)cc4)ccc3O)c2)cc1. The van der Waals surface area contributed by atoms with Crippen LogP contribution in [0.1, 0.15) is 22.6 Å². The molecule has 0 unspecified atom stereocenters. The first-order valence-corrected chi connectivity index (χ1v) is 13.8. The molecule has 0 aliphatic heterocycles. The molecule has 0 aliphatic carbocycles. The number of phenols is 5. The van der Waals surface area contributed by atoms with Crippen LogP contribution in [-0.4, -0.2) is 25.5 Å². The average Bonchev–Trinajstić information content (AvgIpc) is 2.90. The van der Waals surface area contributed by atoms with Crippen LogP contribution in [0.3, 0.4) is 0 Å². The number of hydrogen-bond donors (Lipinski definition) is 5. The van der Waals surface area contributed by atoms with Crippen LogP contribution in [0.2, 0.25) is 0 Å². The molecule has 0 atom stereocenters. The second kappa shape index (κ2) is 10.7. The second-order valence-corrected chi connectivity index (χ2v) is 11.2. The van der Waals surface area contributed by atoms with Crippen molar-refractivity contribution in [3.8, 4) is 51.0 Å². The van der Waals surface area contributed by atoms with Crippen molar-refractivity contribution in [2.75, 3.05) is 0 Å². The highest BCUT2D eigenvalue weighted by Gasteiger charge is 2.26. The Hall–Kier alpha value is -3.44. The number of rotatable bonds is 5. The summed E-state index contributed by atoms with van der Waals surface area (Å²) in [6, 6.07) is 28.0. The van der Waals surface area contributed by atoms with Gasteiger partial charge in [-0.2, -0.15) is 0 Å². The zero-order valence-electron chi connectivity index (χ0n) is 19.8. The molecule has 5 aromatic carbocycles. The normalized spacial score (nSPS) is 11.1. The number of halogens is 2. The van der Waals surface area contributed by atoms with Crippen molar-refractivity contribution in [3.05, 3.63) is 121 Å². The summed E-state index contributed by atoms with van der Waals surface area (Å²) in [4.78, 5) is 0. The Morgan fingerprint density at radius 1 is 0.447 bits per heavy atom. The highest BCUT2D eigenvalue weighted by molar-refractivity contribution is 14.1. The molecule has 5 nitrogen and oxygen atoms in total. The number of aromatic hydroxyl groups is 5. The average molecular weight is 728 g/mol. The summed E-state index contributed by atoms with van der Waals surface area (Å²) in [5, 5.41) is 52.1. The van der Waals surface area contributed by atoms with E-state index < -0.39 is 5.92 Å². The van der Waals surface area contributed by atoms with Gasteiger partial charge in [-0.15, -0.1) is 0 Å². The lowest BCUT2D eigenvalue weighted by atomic mass is 9.82. The molecule has 38 heavy (non-hydrogen) atoms. The van der Waals surface area contributed by atoms with Gasteiger partial charge in [-0.3, -0.25) is 0 Å². The monoisotopic (exact) mass is 728 g/mol. The molecule has 5 rings (SSSR count). The molecule has 0 saturated heterocycles. The van der Waals surface area contributed by atoms with Crippen molar-refractivity contribution in [1.82, 2.24) is 0 Å². The predicted octanol–water partition coefficient (Wildman–Crippen LogP) is 7.94. The topological polar surface area (TPSA) is 101 Å². The van der Waals surface area contributed by atoms with Crippen molar-refractivity contribution in [3.63, 3.8) is 0 Å². The first kappa shape index (κ1) is 26.2. The molecule has 0 aromatic heterocycles. The minimum Gasteiger partial charge on any atom is -0.508 e. The molecular weight excluding hydrogens is 706 g/mol. The highest BCUT2D eigenvalue weighted by atomic mass is 127. The smallest absolute Gasteiger partial charge is 0.142 e. The van der Waals surface area contributed by atoms with E-state index >= 15 is 0 Å². The maximum Gasteiger partial charge on any atom is 0.142 e. The molecule has 0 aliphatic rings. The largest absolute Gasteiger partial charge is 0.508 e.